The lowest BCUT2D eigenvalue weighted by Gasteiger charge is -2.23. The van der Waals surface area contributed by atoms with Crippen LogP contribution in [0.4, 0.5) is 10.2 Å². The van der Waals surface area contributed by atoms with Crippen LogP contribution in [-0.4, -0.2) is 47.3 Å². The molecule has 0 amide bonds. The molecule has 0 spiro atoms. The highest BCUT2D eigenvalue weighted by Gasteiger charge is 2.23. The summed E-state index contributed by atoms with van der Waals surface area (Å²) in [5.41, 5.74) is 1.07. The molecule has 1 aliphatic heterocycles. The van der Waals surface area contributed by atoms with E-state index < -0.39 is 11.7 Å². The lowest BCUT2D eigenvalue weighted by molar-refractivity contribution is 0.337. The number of halogens is 4. The van der Waals surface area contributed by atoms with Gasteiger partial charge in [-0.3, -0.25) is 4.79 Å². The van der Waals surface area contributed by atoms with Gasteiger partial charge in [-0.25, -0.2) is 14.4 Å². The van der Waals surface area contributed by atoms with E-state index in [1.807, 2.05) is 0 Å². The number of anilines is 1. The smallest absolute Gasteiger partial charge is 0.272 e. The predicted molar refractivity (Wildman–Crippen MR) is 93.2 cm³/mol. The molecule has 0 saturated carbocycles. The van der Waals surface area contributed by atoms with Crippen molar-refractivity contribution in [3.63, 3.8) is 0 Å². The summed E-state index contributed by atoms with van der Waals surface area (Å²) in [5, 5.41) is 3.17. The van der Waals surface area contributed by atoms with E-state index in [-0.39, 0.29) is 47.3 Å². The van der Waals surface area contributed by atoms with Crippen LogP contribution in [0.5, 0.6) is 0 Å². The fourth-order valence-corrected chi connectivity index (χ4v) is 3.37. The maximum absolute atomic E-state index is 13.8. The highest BCUT2D eigenvalue weighted by atomic mass is 35.5. The van der Waals surface area contributed by atoms with Crippen molar-refractivity contribution in [2.45, 2.75) is 6.17 Å². The Labute approximate surface area is 151 Å². The third kappa shape index (κ3) is 3.95. The Morgan fingerprint density at radius 1 is 1.43 bits per heavy atom. The van der Waals surface area contributed by atoms with Gasteiger partial charge in [0.2, 0.25) is 0 Å². The third-order valence-electron chi connectivity index (χ3n) is 3.23. The number of aromatic amines is 1. The normalized spacial score (nSPS) is 18.4. The van der Waals surface area contributed by atoms with Crippen LogP contribution in [-0.2, 0) is 0 Å². The molecule has 0 aromatic carbocycles. The lowest BCUT2D eigenvalue weighted by Crippen LogP contribution is -2.33. The second-order valence-electron chi connectivity index (χ2n) is 4.77. The monoisotopic (exact) mass is 399 g/mol. The van der Waals surface area contributed by atoms with Crippen molar-refractivity contribution in [3.8, 4) is 10.7 Å². The summed E-state index contributed by atoms with van der Waals surface area (Å²) >= 11 is 13.3. The van der Waals surface area contributed by atoms with Gasteiger partial charge in [-0.05, 0) is 0 Å². The van der Waals surface area contributed by atoms with Crippen LogP contribution in [0, 0.1) is 0 Å². The molecular weight excluding hydrogens is 388 g/mol. The average Bonchev–Trinajstić information content (AvgIpc) is 2.79. The van der Waals surface area contributed by atoms with Crippen LogP contribution in [0.25, 0.3) is 10.7 Å². The highest BCUT2D eigenvalue weighted by Crippen LogP contribution is 2.30. The maximum Gasteiger partial charge on any atom is 0.272 e. The Bertz CT molecular complexity index is 740. The zero-order valence-electron chi connectivity index (χ0n) is 11.7. The zero-order chi connectivity index (χ0) is 15.7. The van der Waals surface area contributed by atoms with Gasteiger partial charge in [-0.1, -0.05) is 23.2 Å². The molecule has 2 N–H and O–H groups in total. The molecule has 1 unspecified atom stereocenters. The van der Waals surface area contributed by atoms with Gasteiger partial charge in [-0.2, -0.15) is 0 Å². The number of H-pyrrole nitrogens is 1. The number of aromatic nitrogens is 3. The summed E-state index contributed by atoms with van der Waals surface area (Å²) in [5.74, 6) is 0.542. The molecule has 1 atom stereocenters. The maximum atomic E-state index is 13.8. The van der Waals surface area contributed by atoms with Gasteiger partial charge >= 0.3 is 0 Å². The number of hydrogen-bond acceptors (Lipinski definition) is 6. The second kappa shape index (κ2) is 7.76. The second-order valence-corrected chi connectivity index (χ2v) is 6.36. The Hall–Kier alpha value is -0.930. The first-order valence-electron chi connectivity index (χ1n) is 6.55. The minimum atomic E-state index is -1.06. The first kappa shape index (κ1) is 18.4. The van der Waals surface area contributed by atoms with E-state index in [4.69, 9.17) is 23.2 Å². The van der Waals surface area contributed by atoms with Crippen molar-refractivity contribution in [2.75, 3.05) is 31.1 Å². The summed E-state index contributed by atoms with van der Waals surface area (Å²) < 4.78 is 13.8. The summed E-state index contributed by atoms with van der Waals surface area (Å²) in [4.78, 5) is 25.1. The molecule has 126 valence electrons. The van der Waals surface area contributed by atoms with Gasteiger partial charge in [0.25, 0.3) is 5.56 Å². The van der Waals surface area contributed by atoms with E-state index >= 15 is 0 Å². The van der Waals surface area contributed by atoms with E-state index in [0.29, 0.717) is 18.0 Å². The van der Waals surface area contributed by atoms with Crippen LogP contribution in [0.1, 0.15) is 0 Å². The van der Waals surface area contributed by atoms with Crippen LogP contribution in [0.2, 0.25) is 10.2 Å². The molecule has 0 aliphatic carbocycles. The fourth-order valence-electron chi connectivity index (χ4n) is 2.21. The van der Waals surface area contributed by atoms with Gasteiger partial charge in [0, 0.05) is 19.6 Å². The van der Waals surface area contributed by atoms with Crippen LogP contribution >= 0.6 is 46.9 Å². The van der Waals surface area contributed by atoms with Crippen LogP contribution in [0.3, 0.4) is 0 Å². The van der Waals surface area contributed by atoms with Gasteiger partial charge in [-0.15, -0.1) is 23.7 Å². The van der Waals surface area contributed by atoms with E-state index in [1.165, 1.54) is 11.3 Å². The van der Waals surface area contributed by atoms with E-state index in [9.17, 15) is 9.18 Å². The molecule has 3 rings (SSSR count). The molecule has 1 saturated heterocycles. The number of alkyl halides is 1. The number of nitrogens with zero attached hydrogens (tertiary/aromatic N) is 3. The summed E-state index contributed by atoms with van der Waals surface area (Å²) in [6, 6.07) is 0. The molecule has 2 aromatic rings. The van der Waals surface area contributed by atoms with Crippen molar-refractivity contribution in [2.24, 2.45) is 0 Å². The van der Waals surface area contributed by atoms with Gasteiger partial charge in [0.1, 0.15) is 16.1 Å². The minimum absolute atomic E-state index is 0. The van der Waals surface area contributed by atoms with E-state index in [1.54, 1.807) is 10.4 Å². The molecular formula is C12H13Cl3FN5OS. The number of thiazole rings is 1. The minimum Gasteiger partial charge on any atom is -0.351 e. The SMILES string of the molecule is Cl.O=c1[nH]c(-c2scnc2Cl)nc(N2CCNCC(F)C2)c1Cl. The van der Waals surface area contributed by atoms with Crippen LogP contribution < -0.4 is 15.8 Å². The first-order chi connectivity index (χ1) is 10.6. The van der Waals surface area contributed by atoms with Crippen molar-refractivity contribution in [1.82, 2.24) is 20.3 Å². The van der Waals surface area contributed by atoms with Crippen molar-refractivity contribution in [3.05, 3.63) is 26.0 Å². The number of rotatable bonds is 2. The molecule has 1 fully saturated rings. The van der Waals surface area contributed by atoms with Gasteiger partial charge < -0.3 is 15.2 Å². The summed E-state index contributed by atoms with van der Waals surface area (Å²) in [6.07, 6.45) is -1.06. The molecule has 6 nitrogen and oxygen atoms in total. The first-order valence-corrected chi connectivity index (χ1v) is 8.18. The molecule has 3 heterocycles. The molecule has 23 heavy (non-hydrogen) atoms. The van der Waals surface area contributed by atoms with Crippen LogP contribution in [0.15, 0.2) is 10.3 Å². The Balaban J connectivity index is 0.00000192. The van der Waals surface area contributed by atoms with Gasteiger partial charge in [0.05, 0.1) is 12.1 Å². The highest BCUT2D eigenvalue weighted by molar-refractivity contribution is 7.13. The van der Waals surface area contributed by atoms with Crippen molar-refractivity contribution in [1.29, 1.82) is 0 Å². The van der Waals surface area contributed by atoms with E-state index in [2.05, 4.69) is 20.3 Å². The Morgan fingerprint density at radius 3 is 2.91 bits per heavy atom. The Kier molecular flexibility index (Phi) is 6.21. The summed E-state index contributed by atoms with van der Waals surface area (Å²) in [6.45, 7) is 1.48. The van der Waals surface area contributed by atoms with E-state index in [0.717, 1.165) is 0 Å². The molecule has 11 heteroatoms. The van der Waals surface area contributed by atoms with Gasteiger partial charge in [0.15, 0.2) is 16.8 Å². The molecule has 1 aliphatic rings. The molecule has 0 bridgehead atoms. The van der Waals surface area contributed by atoms with Crippen molar-refractivity contribution >= 4 is 52.8 Å². The quantitative estimate of drug-likeness (QED) is 0.809. The number of nitrogens with one attached hydrogen (secondary N) is 2. The Morgan fingerprint density at radius 2 is 2.22 bits per heavy atom. The standard InChI is InChI=1S/C12H12Cl2FN5OS.ClH/c13-7-11(20-2-1-16-3-6(15)4-20)18-10(19-12(7)21)8-9(14)17-5-22-8;/h5-6,16H,1-4H2,(H,18,19,21);1H. The molecule has 0 radical (unpaired) electrons. The largest absolute Gasteiger partial charge is 0.351 e. The molecule has 2 aromatic heterocycles. The average molecular weight is 401 g/mol. The third-order valence-corrected chi connectivity index (χ3v) is 4.80. The fraction of sp³-hybridized carbons (Fsp3) is 0.417. The zero-order valence-corrected chi connectivity index (χ0v) is 14.8. The topological polar surface area (TPSA) is 73.9 Å². The lowest BCUT2D eigenvalue weighted by atomic mass is 10.3. The number of hydrogen-bond donors (Lipinski definition) is 2. The summed E-state index contributed by atoms with van der Waals surface area (Å²) in [7, 11) is 0. The predicted octanol–water partition coefficient (Wildman–Crippen LogP) is 2.37. The van der Waals surface area contributed by atoms with Crippen molar-refractivity contribution < 1.29 is 4.39 Å².